The summed E-state index contributed by atoms with van der Waals surface area (Å²) in [5.74, 6) is -0.259. The SMILES string of the molecule is Cc1cc(C)n2nc(C(=O)OC(C)c3ccccc3Cl)nc2n1. The van der Waals surface area contributed by atoms with Gasteiger partial charge >= 0.3 is 5.97 Å². The first kappa shape index (κ1) is 15.4. The van der Waals surface area contributed by atoms with E-state index in [1.54, 1.807) is 13.0 Å². The molecule has 2 aromatic heterocycles. The van der Waals surface area contributed by atoms with E-state index in [1.807, 2.05) is 38.1 Å². The van der Waals surface area contributed by atoms with E-state index in [1.165, 1.54) is 4.52 Å². The van der Waals surface area contributed by atoms with E-state index in [2.05, 4.69) is 15.1 Å². The summed E-state index contributed by atoms with van der Waals surface area (Å²) < 4.78 is 6.93. The maximum atomic E-state index is 12.3. The van der Waals surface area contributed by atoms with E-state index < -0.39 is 12.1 Å². The number of ether oxygens (including phenoxy) is 1. The quantitative estimate of drug-likeness (QED) is 0.689. The molecular formula is C16H15ClN4O2. The van der Waals surface area contributed by atoms with Gasteiger partial charge in [-0.25, -0.2) is 14.3 Å². The molecule has 23 heavy (non-hydrogen) atoms. The number of carbonyl (C=O) groups excluding carboxylic acids is 1. The van der Waals surface area contributed by atoms with Crippen molar-refractivity contribution in [3.63, 3.8) is 0 Å². The number of nitrogens with zero attached hydrogens (tertiary/aromatic N) is 4. The van der Waals surface area contributed by atoms with Crippen LogP contribution in [0.3, 0.4) is 0 Å². The number of carbonyl (C=O) groups is 1. The molecule has 0 radical (unpaired) electrons. The summed E-state index contributed by atoms with van der Waals surface area (Å²) in [5.41, 5.74) is 2.39. The minimum absolute atomic E-state index is 0.0231. The number of benzene rings is 1. The van der Waals surface area contributed by atoms with Crippen LogP contribution in [-0.2, 0) is 4.74 Å². The Morgan fingerprint density at radius 3 is 2.74 bits per heavy atom. The van der Waals surface area contributed by atoms with Gasteiger partial charge in [-0.15, -0.1) is 5.10 Å². The molecule has 1 aromatic carbocycles. The minimum atomic E-state index is -0.611. The molecule has 0 aliphatic carbocycles. The highest BCUT2D eigenvalue weighted by Crippen LogP contribution is 2.25. The molecule has 1 unspecified atom stereocenters. The fraction of sp³-hybridized carbons (Fsp3) is 0.250. The lowest BCUT2D eigenvalue weighted by molar-refractivity contribution is 0.0324. The number of hydrogen-bond donors (Lipinski definition) is 0. The summed E-state index contributed by atoms with van der Waals surface area (Å²) in [6, 6.07) is 9.08. The molecule has 2 heterocycles. The Balaban J connectivity index is 1.86. The molecule has 3 rings (SSSR count). The van der Waals surface area contributed by atoms with Gasteiger partial charge < -0.3 is 4.74 Å². The molecule has 0 saturated carbocycles. The monoisotopic (exact) mass is 330 g/mol. The van der Waals surface area contributed by atoms with Crippen molar-refractivity contribution in [1.29, 1.82) is 0 Å². The Morgan fingerprint density at radius 2 is 2.00 bits per heavy atom. The average molecular weight is 331 g/mol. The minimum Gasteiger partial charge on any atom is -0.452 e. The molecule has 0 amide bonds. The number of esters is 1. The number of aryl methyl sites for hydroxylation is 2. The molecule has 0 N–H and O–H groups in total. The van der Waals surface area contributed by atoms with Crippen molar-refractivity contribution in [2.45, 2.75) is 26.9 Å². The van der Waals surface area contributed by atoms with Crippen LogP contribution in [0.5, 0.6) is 0 Å². The van der Waals surface area contributed by atoms with Crippen LogP contribution in [0.4, 0.5) is 0 Å². The lowest BCUT2D eigenvalue weighted by atomic mass is 10.1. The molecule has 0 aliphatic heterocycles. The lowest BCUT2D eigenvalue weighted by Gasteiger charge is -2.13. The second kappa shape index (κ2) is 5.96. The average Bonchev–Trinajstić information content (AvgIpc) is 2.92. The second-order valence-corrected chi connectivity index (χ2v) is 5.66. The molecule has 118 valence electrons. The summed E-state index contributed by atoms with van der Waals surface area (Å²) >= 11 is 6.11. The molecule has 0 spiro atoms. The third kappa shape index (κ3) is 3.03. The maximum Gasteiger partial charge on any atom is 0.378 e. The highest BCUT2D eigenvalue weighted by Gasteiger charge is 2.20. The fourth-order valence-electron chi connectivity index (χ4n) is 2.33. The van der Waals surface area contributed by atoms with Crippen LogP contribution < -0.4 is 0 Å². The summed E-state index contributed by atoms with van der Waals surface area (Å²) in [5, 5.41) is 4.70. The van der Waals surface area contributed by atoms with Crippen LogP contribution in [0.15, 0.2) is 30.3 Å². The van der Waals surface area contributed by atoms with Crippen LogP contribution in [0, 0.1) is 13.8 Å². The molecule has 0 bridgehead atoms. The van der Waals surface area contributed by atoms with Gasteiger partial charge in [0, 0.05) is 22.0 Å². The van der Waals surface area contributed by atoms with Gasteiger partial charge in [-0.05, 0) is 32.9 Å². The molecule has 7 heteroatoms. The van der Waals surface area contributed by atoms with Crippen LogP contribution >= 0.6 is 11.6 Å². The van der Waals surface area contributed by atoms with Crippen molar-refractivity contribution in [1.82, 2.24) is 19.6 Å². The zero-order valence-electron chi connectivity index (χ0n) is 12.9. The third-order valence-electron chi connectivity index (χ3n) is 3.43. The van der Waals surface area contributed by atoms with Crippen molar-refractivity contribution in [3.05, 3.63) is 58.1 Å². The standard InChI is InChI=1S/C16H15ClN4O2/c1-9-8-10(2)21-16(18-9)19-14(20-21)15(22)23-11(3)12-6-4-5-7-13(12)17/h4-8,11H,1-3H3. The van der Waals surface area contributed by atoms with Gasteiger partial charge in [-0.3, -0.25) is 0 Å². The van der Waals surface area contributed by atoms with Gasteiger partial charge in [0.25, 0.3) is 11.6 Å². The summed E-state index contributed by atoms with van der Waals surface area (Å²) in [6.45, 7) is 5.49. The van der Waals surface area contributed by atoms with Gasteiger partial charge in [0.15, 0.2) is 0 Å². The van der Waals surface area contributed by atoms with Crippen LogP contribution in [0.2, 0.25) is 5.02 Å². The molecule has 0 fully saturated rings. The zero-order chi connectivity index (χ0) is 16.6. The first-order valence-corrected chi connectivity index (χ1v) is 7.50. The Bertz CT molecular complexity index is 891. The topological polar surface area (TPSA) is 69.4 Å². The number of fused-ring (bicyclic) bond motifs is 1. The van der Waals surface area contributed by atoms with Gasteiger partial charge in [-0.1, -0.05) is 29.8 Å². The Kier molecular flexibility index (Phi) is 4.00. The van der Waals surface area contributed by atoms with Crippen LogP contribution in [0.1, 0.15) is 40.6 Å². The van der Waals surface area contributed by atoms with Crippen molar-refractivity contribution >= 4 is 23.3 Å². The van der Waals surface area contributed by atoms with E-state index in [-0.39, 0.29) is 5.82 Å². The van der Waals surface area contributed by atoms with Crippen LogP contribution in [0.25, 0.3) is 5.78 Å². The van der Waals surface area contributed by atoms with Gasteiger partial charge in [-0.2, -0.15) is 4.98 Å². The fourth-order valence-corrected chi connectivity index (χ4v) is 2.62. The largest absolute Gasteiger partial charge is 0.452 e. The molecule has 1 atom stereocenters. The summed E-state index contributed by atoms with van der Waals surface area (Å²) in [6.07, 6.45) is -0.501. The zero-order valence-corrected chi connectivity index (χ0v) is 13.7. The molecule has 6 nitrogen and oxygen atoms in total. The van der Waals surface area contributed by atoms with E-state index in [4.69, 9.17) is 16.3 Å². The first-order chi connectivity index (χ1) is 11.0. The maximum absolute atomic E-state index is 12.3. The molecule has 0 saturated heterocycles. The van der Waals surface area contributed by atoms with E-state index in [0.717, 1.165) is 17.0 Å². The van der Waals surface area contributed by atoms with Gasteiger partial charge in [0.05, 0.1) is 0 Å². The van der Waals surface area contributed by atoms with Crippen LogP contribution in [-0.4, -0.2) is 25.6 Å². The number of rotatable bonds is 3. The predicted octanol–water partition coefficient (Wildman–Crippen LogP) is 3.31. The van der Waals surface area contributed by atoms with E-state index in [9.17, 15) is 4.79 Å². The Hall–Kier alpha value is -2.47. The highest BCUT2D eigenvalue weighted by atomic mass is 35.5. The number of hydrogen-bond acceptors (Lipinski definition) is 5. The summed E-state index contributed by atoms with van der Waals surface area (Å²) in [7, 11) is 0. The highest BCUT2D eigenvalue weighted by molar-refractivity contribution is 6.31. The molecule has 3 aromatic rings. The lowest BCUT2D eigenvalue weighted by Crippen LogP contribution is -2.11. The summed E-state index contributed by atoms with van der Waals surface area (Å²) in [4.78, 5) is 20.7. The first-order valence-electron chi connectivity index (χ1n) is 7.12. The Morgan fingerprint density at radius 1 is 1.26 bits per heavy atom. The second-order valence-electron chi connectivity index (χ2n) is 5.26. The Labute approximate surface area is 138 Å². The third-order valence-corrected chi connectivity index (χ3v) is 3.77. The molecule has 0 aliphatic rings. The van der Waals surface area contributed by atoms with Gasteiger partial charge in [0.2, 0.25) is 0 Å². The number of halogens is 1. The predicted molar refractivity (Wildman–Crippen MR) is 85.5 cm³/mol. The number of aromatic nitrogens is 4. The van der Waals surface area contributed by atoms with Crippen molar-refractivity contribution in [3.8, 4) is 0 Å². The van der Waals surface area contributed by atoms with E-state index in [0.29, 0.717) is 10.8 Å². The normalized spacial score (nSPS) is 12.3. The van der Waals surface area contributed by atoms with Gasteiger partial charge in [0.1, 0.15) is 6.10 Å². The van der Waals surface area contributed by atoms with Crippen molar-refractivity contribution in [2.24, 2.45) is 0 Å². The van der Waals surface area contributed by atoms with Crippen molar-refractivity contribution in [2.75, 3.05) is 0 Å². The van der Waals surface area contributed by atoms with E-state index >= 15 is 0 Å². The van der Waals surface area contributed by atoms with Crippen molar-refractivity contribution < 1.29 is 9.53 Å². The smallest absolute Gasteiger partial charge is 0.378 e. The molecular weight excluding hydrogens is 316 g/mol.